The Hall–Kier alpha value is -5.95. The van der Waals surface area contributed by atoms with Crippen LogP contribution in [-0.2, 0) is 24.6 Å². The molecular weight excluding hydrogens is 667 g/mol. The number of rotatable bonds is 8. The summed E-state index contributed by atoms with van der Waals surface area (Å²) in [6.07, 6.45) is -3.23. The molecule has 0 unspecified atom stereocenters. The Morgan fingerprint density at radius 2 is 1.78 bits per heavy atom. The number of hydrogen-bond donors (Lipinski definition) is 1. The summed E-state index contributed by atoms with van der Waals surface area (Å²) in [6, 6.07) is 13.1. The molecule has 51 heavy (non-hydrogen) atoms. The van der Waals surface area contributed by atoms with Gasteiger partial charge in [0.1, 0.15) is 35.3 Å². The second-order valence-electron chi connectivity index (χ2n) is 12.8. The smallest absolute Gasteiger partial charge is 0.361 e. The maximum atomic E-state index is 14.1. The van der Waals surface area contributed by atoms with Crippen molar-refractivity contribution in [3.05, 3.63) is 111 Å². The predicted octanol–water partition coefficient (Wildman–Crippen LogP) is 4.50. The zero-order chi connectivity index (χ0) is 36.7. The van der Waals surface area contributed by atoms with Gasteiger partial charge in [-0.2, -0.15) is 18.3 Å². The fourth-order valence-corrected chi connectivity index (χ4v) is 6.38. The van der Waals surface area contributed by atoms with Gasteiger partial charge in [-0.25, -0.2) is 14.2 Å². The van der Waals surface area contributed by atoms with E-state index in [-0.39, 0.29) is 28.5 Å². The largest absolute Gasteiger partial charge is 0.416 e. The second kappa shape index (κ2) is 13.4. The van der Waals surface area contributed by atoms with Gasteiger partial charge in [0, 0.05) is 13.1 Å². The Kier molecular flexibility index (Phi) is 9.17. The first-order valence-corrected chi connectivity index (χ1v) is 16.1. The Morgan fingerprint density at radius 1 is 1.08 bits per heavy atom. The number of aromatic nitrogens is 5. The molecule has 2 amide bonds. The van der Waals surface area contributed by atoms with Crippen molar-refractivity contribution >= 4 is 17.5 Å². The van der Waals surface area contributed by atoms with E-state index in [4.69, 9.17) is 11.1 Å². The number of likely N-dealkylation sites (N-methyl/N-ethyl adjacent to an activating group) is 1. The number of benzene rings is 2. The molecule has 264 valence electrons. The Labute approximate surface area is 290 Å². The number of hydrogen-bond acceptors (Lipinski definition) is 6. The summed E-state index contributed by atoms with van der Waals surface area (Å²) >= 11 is 0. The lowest BCUT2D eigenvalue weighted by atomic mass is 10.1. The van der Waals surface area contributed by atoms with Gasteiger partial charge in [-0.15, -0.1) is 0 Å². The summed E-state index contributed by atoms with van der Waals surface area (Å²) in [5, 5.41) is 11.1. The van der Waals surface area contributed by atoms with Crippen LogP contribution in [0.2, 0.25) is 0 Å². The van der Waals surface area contributed by atoms with E-state index in [0.717, 1.165) is 28.3 Å². The number of aryl methyl sites for hydroxylation is 1. The predicted molar refractivity (Wildman–Crippen MR) is 179 cm³/mol. The highest BCUT2D eigenvalue weighted by molar-refractivity contribution is 6.02. The van der Waals surface area contributed by atoms with Gasteiger partial charge in [0.15, 0.2) is 5.69 Å². The molecule has 0 saturated carbocycles. The average molecular weight is 703 g/mol. The zero-order valence-electron chi connectivity index (χ0n) is 28.3. The molecule has 1 fully saturated rings. The van der Waals surface area contributed by atoms with Crippen molar-refractivity contribution in [1.82, 2.24) is 34.5 Å². The molecule has 2 aromatic carbocycles. The molecule has 1 atom stereocenters. The van der Waals surface area contributed by atoms with E-state index in [1.165, 1.54) is 41.7 Å². The van der Waals surface area contributed by atoms with Gasteiger partial charge in [-0.3, -0.25) is 19.1 Å². The van der Waals surface area contributed by atoms with Crippen LogP contribution in [0, 0.1) is 13.5 Å². The van der Waals surface area contributed by atoms with Crippen molar-refractivity contribution < 1.29 is 31.8 Å². The molecule has 5 aromatic rings. The van der Waals surface area contributed by atoms with Crippen LogP contribution in [0.4, 0.5) is 18.9 Å². The summed E-state index contributed by atoms with van der Waals surface area (Å²) in [5.74, 6) is -0.502. The summed E-state index contributed by atoms with van der Waals surface area (Å²) in [6.45, 7) is 13.4. The minimum absolute atomic E-state index is 0.0513. The molecule has 4 heterocycles. The average Bonchev–Trinajstić information content (AvgIpc) is 3.81. The van der Waals surface area contributed by atoms with Crippen LogP contribution in [0.15, 0.2) is 76.2 Å². The third-order valence-electron chi connectivity index (χ3n) is 9.09. The minimum Gasteiger partial charge on any atom is -0.361 e. The third-order valence-corrected chi connectivity index (χ3v) is 9.09. The fraction of sp³-hybridized carbons (Fsp3) is 0.314. The lowest BCUT2D eigenvalue weighted by molar-refractivity contribution is -0.926. The SMILES string of the molecule is [C-]#[N+]c1ccc(-n2nccc2-c2c(C(=O)N[C@@H](C)C(=O)N3CC[N+](C)(Cc4cc(C)on4)CC3)c(=O)n(-c3cccc(C(F)(F)F)c3)n2C)cc1. The van der Waals surface area contributed by atoms with Crippen LogP contribution >= 0.6 is 0 Å². The number of nitrogens with zero attached hydrogens (tertiary/aromatic N) is 8. The first-order chi connectivity index (χ1) is 24.2. The number of halogens is 3. The standard InChI is InChI=1S/C35H34F3N9O4/c1-22-19-26(42-51-22)21-47(5)17-15-44(16-18-47)33(49)23(2)41-32(48)30-31(29-13-14-40-45(29)27-11-9-25(39-3)10-12-27)43(4)46(34(30)50)28-8-6-7-24(20-28)35(36,37)38/h6-14,19-20,23H,15-18,21H2,1-2,4-5H3/p+1/t23-/m0/s1. The van der Waals surface area contributed by atoms with Gasteiger partial charge in [0.25, 0.3) is 11.5 Å². The summed E-state index contributed by atoms with van der Waals surface area (Å²) < 4.78 is 50.7. The van der Waals surface area contributed by atoms with E-state index in [2.05, 4.69) is 27.5 Å². The van der Waals surface area contributed by atoms with Crippen LogP contribution in [0.3, 0.4) is 0 Å². The maximum absolute atomic E-state index is 14.1. The molecule has 6 rings (SSSR count). The quantitative estimate of drug-likeness (QED) is 0.188. The first-order valence-electron chi connectivity index (χ1n) is 16.1. The van der Waals surface area contributed by atoms with Gasteiger partial charge < -0.3 is 19.2 Å². The van der Waals surface area contributed by atoms with Crippen molar-refractivity contribution in [3.63, 3.8) is 0 Å². The Morgan fingerprint density at radius 3 is 2.41 bits per heavy atom. The number of nitrogens with one attached hydrogen (secondary N) is 1. The van der Waals surface area contributed by atoms with Crippen LogP contribution < -0.4 is 10.9 Å². The van der Waals surface area contributed by atoms with E-state index in [1.54, 1.807) is 35.2 Å². The van der Waals surface area contributed by atoms with E-state index < -0.39 is 29.2 Å². The number of carbonyl (C=O) groups is 2. The van der Waals surface area contributed by atoms with Gasteiger partial charge >= 0.3 is 6.18 Å². The molecule has 0 spiro atoms. The van der Waals surface area contributed by atoms with Crippen molar-refractivity contribution in [2.24, 2.45) is 7.05 Å². The lowest BCUT2D eigenvalue weighted by Gasteiger charge is -2.42. The molecular formula is C35H35F3N9O4+. The molecule has 0 radical (unpaired) electrons. The molecule has 0 bridgehead atoms. The minimum atomic E-state index is -4.68. The number of piperazine rings is 1. The van der Waals surface area contributed by atoms with Crippen molar-refractivity contribution in [1.29, 1.82) is 0 Å². The number of quaternary nitrogens is 1. The first kappa shape index (κ1) is 34.9. The summed E-state index contributed by atoms with van der Waals surface area (Å²) in [7, 11) is 3.53. The van der Waals surface area contributed by atoms with E-state index in [9.17, 15) is 27.6 Å². The zero-order valence-corrected chi connectivity index (χ0v) is 28.3. The molecule has 0 aliphatic carbocycles. The second-order valence-corrected chi connectivity index (χ2v) is 12.8. The van der Waals surface area contributed by atoms with E-state index in [1.807, 2.05) is 13.0 Å². The monoisotopic (exact) mass is 702 g/mol. The summed E-state index contributed by atoms with van der Waals surface area (Å²) in [4.78, 5) is 46.9. The van der Waals surface area contributed by atoms with E-state index in [0.29, 0.717) is 48.6 Å². The molecule has 1 saturated heterocycles. The molecule has 1 N–H and O–H groups in total. The van der Waals surface area contributed by atoms with Crippen LogP contribution in [-0.4, -0.2) is 84.8 Å². The van der Waals surface area contributed by atoms with Gasteiger partial charge in [-0.1, -0.05) is 23.4 Å². The highest BCUT2D eigenvalue weighted by Gasteiger charge is 2.36. The lowest BCUT2D eigenvalue weighted by Crippen LogP contribution is -2.60. The molecule has 1 aliphatic heterocycles. The van der Waals surface area contributed by atoms with Gasteiger partial charge in [0.05, 0.1) is 68.6 Å². The summed E-state index contributed by atoms with van der Waals surface area (Å²) in [5.41, 5.74) is -0.337. The fourth-order valence-electron chi connectivity index (χ4n) is 6.38. The van der Waals surface area contributed by atoms with Crippen LogP contribution in [0.25, 0.3) is 27.6 Å². The number of carbonyl (C=O) groups excluding carboxylic acids is 2. The molecule has 1 aliphatic rings. The van der Waals surface area contributed by atoms with Crippen LogP contribution in [0.1, 0.15) is 34.3 Å². The van der Waals surface area contributed by atoms with Gasteiger partial charge in [0.2, 0.25) is 5.91 Å². The van der Waals surface area contributed by atoms with Crippen molar-refractivity contribution in [2.45, 2.75) is 32.6 Å². The van der Waals surface area contributed by atoms with Crippen molar-refractivity contribution in [3.8, 4) is 22.8 Å². The molecule has 13 nitrogen and oxygen atoms in total. The van der Waals surface area contributed by atoms with Gasteiger partial charge in [-0.05, 0) is 50.2 Å². The van der Waals surface area contributed by atoms with E-state index >= 15 is 0 Å². The molecule has 16 heteroatoms. The number of amides is 2. The Bertz CT molecular complexity index is 2200. The number of alkyl halides is 3. The highest BCUT2D eigenvalue weighted by Crippen LogP contribution is 2.32. The highest BCUT2D eigenvalue weighted by atomic mass is 19.4. The third kappa shape index (κ3) is 6.93. The normalized spacial score (nSPS) is 15.0. The Balaban J connectivity index is 1.32. The van der Waals surface area contributed by atoms with Crippen LogP contribution in [0.5, 0.6) is 0 Å². The topological polar surface area (TPSA) is 125 Å². The molecule has 3 aromatic heterocycles. The van der Waals surface area contributed by atoms with Crippen molar-refractivity contribution in [2.75, 3.05) is 33.2 Å². The maximum Gasteiger partial charge on any atom is 0.416 e.